The molecule has 2 rings (SSSR count). The first kappa shape index (κ1) is 11.2. The first-order chi connectivity index (χ1) is 7.66. The molecule has 0 heterocycles. The van der Waals surface area contributed by atoms with E-state index in [-0.39, 0.29) is 11.9 Å². The second-order valence-electron chi connectivity index (χ2n) is 4.82. The zero-order valence-electron chi connectivity index (χ0n) is 10.0. The van der Waals surface area contributed by atoms with Gasteiger partial charge in [-0.3, -0.25) is 4.79 Å². The summed E-state index contributed by atoms with van der Waals surface area (Å²) in [6.45, 7) is 3.89. The van der Waals surface area contributed by atoms with E-state index in [0.717, 1.165) is 24.8 Å². The zero-order chi connectivity index (χ0) is 11.5. The Bertz CT molecular complexity index is 384. The van der Waals surface area contributed by atoms with Crippen molar-refractivity contribution >= 4 is 5.91 Å². The minimum Gasteiger partial charge on any atom is -0.346 e. The number of hydrogen-bond donors (Lipinski definition) is 1. The van der Waals surface area contributed by atoms with Crippen molar-refractivity contribution in [3.63, 3.8) is 0 Å². The van der Waals surface area contributed by atoms with Gasteiger partial charge in [0.2, 0.25) is 5.91 Å². The van der Waals surface area contributed by atoms with E-state index in [1.54, 1.807) is 11.6 Å². The molecule has 1 N–H and O–H groups in total. The van der Waals surface area contributed by atoms with Gasteiger partial charge in [0.1, 0.15) is 0 Å². The molecule has 2 aliphatic rings. The summed E-state index contributed by atoms with van der Waals surface area (Å²) in [5.74, 6) is 0.0396. The molecule has 0 spiro atoms. The Labute approximate surface area is 97.1 Å². The van der Waals surface area contributed by atoms with Crippen molar-refractivity contribution in [2.75, 3.05) is 0 Å². The molecule has 0 saturated carbocycles. The van der Waals surface area contributed by atoms with E-state index >= 15 is 0 Å². The standard InChI is InChI=1S/C14H19NO/c1-10(2)9-14(16)15-13-8-7-11-5-3-4-6-12(11)13/h4,6,9,13H,3,5,7-8H2,1-2H3,(H,15,16). The number of amides is 1. The molecule has 2 heteroatoms. The van der Waals surface area contributed by atoms with Crippen LogP contribution in [0.4, 0.5) is 0 Å². The quantitative estimate of drug-likeness (QED) is 0.708. The van der Waals surface area contributed by atoms with Crippen LogP contribution in [0.25, 0.3) is 0 Å². The fourth-order valence-corrected chi connectivity index (χ4v) is 2.46. The average molecular weight is 217 g/mol. The van der Waals surface area contributed by atoms with Crippen LogP contribution in [0.5, 0.6) is 0 Å². The third-order valence-corrected chi connectivity index (χ3v) is 3.16. The predicted octanol–water partition coefficient (Wildman–Crippen LogP) is 2.88. The van der Waals surface area contributed by atoms with Crippen molar-refractivity contribution in [3.05, 3.63) is 34.9 Å². The molecule has 1 atom stereocenters. The summed E-state index contributed by atoms with van der Waals surface area (Å²) in [5.41, 5.74) is 3.95. The second kappa shape index (κ2) is 4.69. The normalized spacial score (nSPS) is 23.0. The molecular weight excluding hydrogens is 198 g/mol. The van der Waals surface area contributed by atoms with Crippen LogP contribution in [0.15, 0.2) is 34.9 Å². The van der Waals surface area contributed by atoms with Crippen LogP contribution >= 0.6 is 0 Å². The summed E-state index contributed by atoms with van der Waals surface area (Å²) in [5, 5.41) is 3.08. The van der Waals surface area contributed by atoms with Crippen LogP contribution in [-0.2, 0) is 4.79 Å². The van der Waals surface area contributed by atoms with E-state index in [2.05, 4.69) is 17.5 Å². The summed E-state index contributed by atoms with van der Waals surface area (Å²) < 4.78 is 0. The lowest BCUT2D eigenvalue weighted by Gasteiger charge is -2.16. The van der Waals surface area contributed by atoms with Gasteiger partial charge in [0, 0.05) is 6.08 Å². The number of carbonyl (C=O) groups is 1. The molecule has 1 unspecified atom stereocenters. The SMILES string of the molecule is CC(C)=CC(=O)NC1CCC2=C1C=CCC2. The number of allylic oxidation sites excluding steroid dienone is 3. The molecule has 16 heavy (non-hydrogen) atoms. The number of carbonyl (C=O) groups excluding carboxylic acids is 1. The Morgan fingerprint density at radius 2 is 2.25 bits per heavy atom. The topological polar surface area (TPSA) is 29.1 Å². The maximum absolute atomic E-state index is 11.6. The third-order valence-electron chi connectivity index (χ3n) is 3.16. The van der Waals surface area contributed by atoms with E-state index in [4.69, 9.17) is 0 Å². The van der Waals surface area contributed by atoms with Crippen LogP contribution in [0.1, 0.15) is 39.5 Å². The molecule has 0 aromatic heterocycles. The molecule has 2 aliphatic carbocycles. The molecule has 86 valence electrons. The van der Waals surface area contributed by atoms with E-state index in [9.17, 15) is 4.79 Å². The summed E-state index contributed by atoms with van der Waals surface area (Å²) in [6, 6.07) is 0.245. The Morgan fingerprint density at radius 1 is 1.44 bits per heavy atom. The summed E-state index contributed by atoms with van der Waals surface area (Å²) in [6.07, 6.45) is 10.6. The van der Waals surface area contributed by atoms with E-state index in [0.29, 0.717) is 0 Å². The summed E-state index contributed by atoms with van der Waals surface area (Å²) in [7, 11) is 0. The molecule has 0 aliphatic heterocycles. The summed E-state index contributed by atoms with van der Waals surface area (Å²) >= 11 is 0. The van der Waals surface area contributed by atoms with Crippen molar-refractivity contribution in [3.8, 4) is 0 Å². The van der Waals surface area contributed by atoms with Gasteiger partial charge in [0.05, 0.1) is 6.04 Å². The number of rotatable bonds is 2. The van der Waals surface area contributed by atoms with Gasteiger partial charge in [-0.05, 0) is 45.1 Å². The molecule has 1 amide bonds. The molecule has 2 nitrogen and oxygen atoms in total. The van der Waals surface area contributed by atoms with Crippen LogP contribution in [0.2, 0.25) is 0 Å². The van der Waals surface area contributed by atoms with Crippen molar-refractivity contribution in [2.45, 2.75) is 45.6 Å². The van der Waals surface area contributed by atoms with Crippen LogP contribution in [0, 0.1) is 0 Å². The molecule has 0 aromatic rings. The first-order valence-electron chi connectivity index (χ1n) is 6.00. The van der Waals surface area contributed by atoms with Crippen molar-refractivity contribution in [2.24, 2.45) is 0 Å². The Kier molecular flexibility index (Phi) is 3.28. The van der Waals surface area contributed by atoms with Gasteiger partial charge in [-0.2, -0.15) is 0 Å². The lowest BCUT2D eigenvalue weighted by molar-refractivity contribution is -0.117. The highest BCUT2D eigenvalue weighted by atomic mass is 16.1. The summed E-state index contributed by atoms with van der Waals surface area (Å²) in [4.78, 5) is 11.6. The molecule has 0 fully saturated rings. The van der Waals surface area contributed by atoms with E-state index < -0.39 is 0 Å². The predicted molar refractivity (Wildman–Crippen MR) is 66.0 cm³/mol. The van der Waals surface area contributed by atoms with Crippen molar-refractivity contribution < 1.29 is 4.79 Å². The van der Waals surface area contributed by atoms with Gasteiger partial charge < -0.3 is 5.32 Å². The highest BCUT2D eigenvalue weighted by Crippen LogP contribution is 2.33. The largest absolute Gasteiger partial charge is 0.346 e. The third kappa shape index (κ3) is 2.43. The van der Waals surface area contributed by atoms with Crippen LogP contribution < -0.4 is 5.32 Å². The van der Waals surface area contributed by atoms with E-state index in [1.165, 1.54) is 12.0 Å². The number of nitrogens with one attached hydrogen (secondary N) is 1. The lowest BCUT2D eigenvalue weighted by Crippen LogP contribution is -2.33. The number of hydrogen-bond acceptors (Lipinski definition) is 1. The molecule has 0 radical (unpaired) electrons. The first-order valence-corrected chi connectivity index (χ1v) is 6.00. The zero-order valence-corrected chi connectivity index (χ0v) is 10.0. The maximum Gasteiger partial charge on any atom is 0.244 e. The van der Waals surface area contributed by atoms with Gasteiger partial charge in [0.15, 0.2) is 0 Å². The molecule has 0 bridgehead atoms. The maximum atomic E-state index is 11.6. The second-order valence-corrected chi connectivity index (χ2v) is 4.82. The minimum absolute atomic E-state index is 0.0396. The highest BCUT2D eigenvalue weighted by molar-refractivity contribution is 5.88. The fourth-order valence-electron chi connectivity index (χ4n) is 2.46. The Morgan fingerprint density at radius 3 is 3.00 bits per heavy atom. The molecular formula is C14H19NO. The Balaban J connectivity index is 2.02. The van der Waals surface area contributed by atoms with Crippen LogP contribution in [-0.4, -0.2) is 11.9 Å². The van der Waals surface area contributed by atoms with Gasteiger partial charge in [-0.25, -0.2) is 0 Å². The van der Waals surface area contributed by atoms with Gasteiger partial charge in [-0.15, -0.1) is 0 Å². The minimum atomic E-state index is 0.0396. The van der Waals surface area contributed by atoms with Gasteiger partial charge in [0.25, 0.3) is 0 Å². The van der Waals surface area contributed by atoms with Gasteiger partial charge >= 0.3 is 0 Å². The van der Waals surface area contributed by atoms with Crippen molar-refractivity contribution in [1.82, 2.24) is 5.32 Å². The molecule has 0 aromatic carbocycles. The lowest BCUT2D eigenvalue weighted by atomic mass is 9.99. The highest BCUT2D eigenvalue weighted by Gasteiger charge is 2.25. The van der Waals surface area contributed by atoms with E-state index in [1.807, 2.05) is 13.8 Å². The average Bonchev–Trinajstić information content (AvgIpc) is 2.61. The Hall–Kier alpha value is -1.31. The van der Waals surface area contributed by atoms with Crippen LogP contribution in [0.3, 0.4) is 0 Å². The molecule has 0 saturated heterocycles. The smallest absolute Gasteiger partial charge is 0.244 e. The van der Waals surface area contributed by atoms with Crippen molar-refractivity contribution in [1.29, 1.82) is 0 Å². The van der Waals surface area contributed by atoms with Gasteiger partial charge in [-0.1, -0.05) is 23.3 Å². The fraction of sp³-hybridized carbons (Fsp3) is 0.500. The monoisotopic (exact) mass is 217 g/mol.